The highest BCUT2D eigenvalue weighted by atomic mass is 35.7. The van der Waals surface area contributed by atoms with Crippen molar-refractivity contribution in [3.63, 3.8) is 0 Å². The molecule has 3 aromatic rings. The van der Waals surface area contributed by atoms with E-state index in [-0.39, 0.29) is 0 Å². The first-order valence-electron chi connectivity index (χ1n) is 9.02. The highest BCUT2D eigenvalue weighted by molar-refractivity contribution is 5.79. The summed E-state index contributed by atoms with van der Waals surface area (Å²) in [7, 11) is -4.94. The minimum atomic E-state index is -4.94. The van der Waals surface area contributed by atoms with Gasteiger partial charge in [0.05, 0.1) is 11.5 Å². The molecule has 4 rings (SSSR count). The van der Waals surface area contributed by atoms with Crippen molar-refractivity contribution in [1.82, 2.24) is 4.58 Å². The molecule has 0 aliphatic carbocycles. The van der Waals surface area contributed by atoms with Gasteiger partial charge in [-0.3, -0.25) is 0 Å². The molecule has 0 N–H and O–H groups in total. The summed E-state index contributed by atoms with van der Waals surface area (Å²) in [6.45, 7) is 6.53. The molecular weight excluding hydrogens is 382 g/mol. The first kappa shape index (κ1) is 20.5. The van der Waals surface area contributed by atoms with Crippen LogP contribution in [0.25, 0.3) is 22.3 Å². The molecular formula is C21H22ClNO5. The monoisotopic (exact) mass is 403 g/mol. The van der Waals surface area contributed by atoms with Crippen LogP contribution in [-0.2, 0) is 0 Å². The Hall–Kier alpha value is -2.22. The minimum Gasteiger partial charge on any atom is -0.456 e. The third kappa shape index (κ3) is 5.41. The maximum Gasteiger partial charge on any atom is 0.214 e. The van der Waals surface area contributed by atoms with Crippen molar-refractivity contribution in [2.45, 2.75) is 26.7 Å². The lowest BCUT2D eigenvalue weighted by Crippen LogP contribution is -2.68. The molecule has 0 amide bonds. The maximum absolute atomic E-state index is 8.49. The molecule has 0 radical (unpaired) electrons. The van der Waals surface area contributed by atoms with Crippen molar-refractivity contribution >= 4 is 11.0 Å². The zero-order valence-corrected chi connectivity index (χ0v) is 16.6. The van der Waals surface area contributed by atoms with E-state index in [0.29, 0.717) is 0 Å². The summed E-state index contributed by atoms with van der Waals surface area (Å²) in [6, 6.07) is 17.2. The Morgan fingerprint density at radius 3 is 2.00 bits per heavy atom. The van der Waals surface area contributed by atoms with E-state index < -0.39 is 10.2 Å². The van der Waals surface area contributed by atoms with Gasteiger partial charge in [-0.05, 0) is 26.0 Å². The molecule has 0 bridgehead atoms. The van der Waals surface area contributed by atoms with E-state index in [1.54, 1.807) is 0 Å². The number of hydrogen-bond donors (Lipinski definition) is 0. The molecule has 6 nitrogen and oxygen atoms in total. The normalized spacial score (nSPS) is 14.1. The third-order valence-electron chi connectivity index (χ3n) is 4.68. The molecule has 0 saturated carbocycles. The number of benzene rings is 2. The largest absolute Gasteiger partial charge is 0.456 e. The Labute approximate surface area is 165 Å². The van der Waals surface area contributed by atoms with Crippen LogP contribution < -0.4 is 28.6 Å². The number of rotatable bonds is 1. The molecule has 1 aliphatic heterocycles. The maximum atomic E-state index is 8.49. The Bertz CT molecular complexity index is 1020. The van der Waals surface area contributed by atoms with Gasteiger partial charge < -0.3 is 4.42 Å². The van der Waals surface area contributed by atoms with E-state index in [1.807, 2.05) is 0 Å². The van der Waals surface area contributed by atoms with Crippen molar-refractivity contribution in [3.05, 3.63) is 65.0 Å². The van der Waals surface area contributed by atoms with Crippen molar-refractivity contribution < 1.29 is 33.3 Å². The fourth-order valence-corrected chi connectivity index (χ4v) is 3.36. The topological polar surface area (TPSA) is 108 Å². The predicted octanol–water partition coefficient (Wildman–Crippen LogP) is -0.473. The van der Waals surface area contributed by atoms with Gasteiger partial charge in [-0.25, -0.2) is 23.2 Å². The molecule has 1 aliphatic rings. The smallest absolute Gasteiger partial charge is 0.214 e. The standard InChI is InChI=1S/C21H22NO.ClHO4/c1-15-5-8-17(9-6-15)21-14-19(22-11-3-4-12-22)18-13-16(2)7-10-20(18)23-21;2-1(3,4)5/h5-10,13-14H,3-4,11-12H2,1-2H3;(H,2,3,4,5)/q+1;/p-1. The van der Waals surface area contributed by atoms with Crippen LogP contribution in [0.3, 0.4) is 0 Å². The van der Waals surface area contributed by atoms with Gasteiger partial charge in [-0.1, -0.05) is 41.5 Å². The molecule has 1 fully saturated rings. The lowest BCUT2D eigenvalue weighted by molar-refractivity contribution is -2.00. The Morgan fingerprint density at radius 2 is 1.39 bits per heavy atom. The Balaban J connectivity index is 0.000000403. The van der Waals surface area contributed by atoms with Gasteiger partial charge in [0, 0.05) is 18.4 Å². The van der Waals surface area contributed by atoms with E-state index in [2.05, 4.69) is 67.0 Å². The van der Waals surface area contributed by atoms with E-state index in [4.69, 9.17) is 23.1 Å². The van der Waals surface area contributed by atoms with Gasteiger partial charge in [0.2, 0.25) is 5.36 Å². The number of aryl methyl sites for hydroxylation is 2. The van der Waals surface area contributed by atoms with E-state index in [1.165, 1.54) is 34.7 Å². The number of halogens is 1. The molecule has 7 heteroatoms. The molecule has 0 atom stereocenters. The van der Waals surface area contributed by atoms with Crippen LogP contribution in [0.2, 0.25) is 0 Å². The fraction of sp³-hybridized carbons (Fsp3) is 0.286. The summed E-state index contributed by atoms with van der Waals surface area (Å²) >= 11 is 0. The van der Waals surface area contributed by atoms with Crippen LogP contribution in [0.5, 0.6) is 0 Å². The van der Waals surface area contributed by atoms with Crippen LogP contribution in [0.4, 0.5) is 0 Å². The van der Waals surface area contributed by atoms with Crippen LogP contribution in [0.15, 0.2) is 52.9 Å². The van der Waals surface area contributed by atoms with Crippen molar-refractivity contribution in [1.29, 1.82) is 0 Å². The zero-order chi connectivity index (χ0) is 20.3. The van der Waals surface area contributed by atoms with Crippen LogP contribution in [0, 0.1) is 24.1 Å². The zero-order valence-electron chi connectivity index (χ0n) is 15.8. The summed E-state index contributed by atoms with van der Waals surface area (Å²) in [5.74, 6) is 0.947. The van der Waals surface area contributed by atoms with E-state index >= 15 is 0 Å². The number of fused-ring (bicyclic) bond motifs is 1. The third-order valence-corrected chi connectivity index (χ3v) is 4.68. The van der Waals surface area contributed by atoms with Crippen molar-refractivity contribution in [2.75, 3.05) is 13.1 Å². The molecule has 1 saturated heterocycles. The predicted molar refractivity (Wildman–Crippen MR) is 95.4 cm³/mol. The lowest BCUT2D eigenvalue weighted by Gasteiger charge is -2.17. The summed E-state index contributed by atoms with van der Waals surface area (Å²) in [5, 5.41) is 2.53. The molecule has 0 spiro atoms. The second kappa shape index (κ2) is 8.43. The second-order valence-corrected chi connectivity index (χ2v) is 7.69. The summed E-state index contributed by atoms with van der Waals surface area (Å²) in [6.07, 6.45) is 2.55. The van der Waals surface area contributed by atoms with Crippen molar-refractivity contribution in [3.8, 4) is 11.3 Å². The summed E-state index contributed by atoms with van der Waals surface area (Å²) in [4.78, 5) is 0. The molecule has 1 aromatic heterocycles. The first-order valence-corrected chi connectivity index (χ1v) is 10.3. The van der Waals surface area contributed by atoms with Crippen LogP contribution in [-0.4, -0.2) is 13.1 Å². The van der Waals surface area contributed by atoms with Gasteiger partial charge in [-0.15, -0.1) is 10.2 Å². The van der Waals surface area contributed by atoms with Gasteiger partial charge in [0.1, 0.15) is 24.4 Å². The number of nitrogens with zero attached hydrogens (tertiary/aromatic N) is 1. The lowest BCUT2D eigenvalue weighted by atomic mass is 10.1. The van der Waals surface area contributed by atoms with Gasteiger partial charge >= 0.3 is 0 Å². The first-order chi connectivity index (χ1) is 13.2. The summed E-state index contributed by atoms with van der Waals surface area (Å²) < 4.78 is 42.7. The number of hydrogen-bond acceptors (Lipinski definition) is 5. The second-order valence-electron chi connectivity index (χ2n) is 6.93. The Morgan fingerprint density at radius 1 is 0.821 bits per heavy atom. The van der Waals surface area contributed by atoms with Crippen molar-refractivity contribution in [2.24, 2.45) is 0 Å². The average Bonchev–Trinajstić information content (AvgIpc) is 3.14. The van der Waals surface area contributed by atoms with Crippen LogP contribution in [0.1, 0.15) is 24.0 Å². The van der Waals surface area contributed by atoms with Crippen LogP contribution >= 0.6 is 0 Å². The highest BCUT2D eigenvalue weighted by Gasteiger charge is 2.17. The van der Waals surface area contributed by atoms with Gasteiger partial charge in [-0.2, -0.15) is 0 Å². The quantitative estimate of drug-likeness (QED) is 0.510. The van der Waals surface area contributed by atoms with Gasteiger partial charge in [0.15, 0.2) is 0 Å². The highest BCUT2D eigenvalue weighted by Crippen LogP contribution is 2.23. The van der Waals surface area contributed by atoms with E-state index in [9.17, 15) is 0 Å². The Kier molecular flexibility index (Phi) is 6.17. The molecule has 28 heavy (non-hydrogen) atoms. The summed E-state index contributed by atoms with van der Waals surface area (Å²) in [5.41, 5.74) is 4.65. The fourth-order valence-electron chi connectivity index (χ4n) is 3.36. The van der Waals surface area contributed by atoms with Gasteiger partial charge in [0.25, 0.3) is 0 Å². The average molecular weight is 404 g/mol. The molecule has 2 heterocycles. The minimum absolute atomic E-state index is 0.947. The SMILES string of the molecule is Cc1ccc(-c2cc(=[N+]3CCCC3)c3cc(C)ccc3o2)cc1.[O-][Cl+3]([O-])([O-])[O-]. The molecule has 148 valence electrons. The molecule has 2 aromatic carbocycles. The molecule has 0 unspecified atom stereocenters. The van der Waals surface area contributed by atoms with E-state index in [0.717, 1.165) is 30.0 Å².